The van der Waals surface area contributed by atoms with E-state index in [9.17, 15) is 0 Å². The van der Waals surface area contributed by atoms with E-state index >= 15 is 0 Å². The summed E-state index contributed by atoms with van der Waals surface area (Å²) >= 11 is 0. The van der Waals surface area contributed by atoms with E-state index in [4.69, 9.17) is 5.10 Å². The summed E-state index contributed by atoms with van der Waals surface area (Å²) < 4.78 is 1.80. The van der Waals surface area contributed by atoms with Crippen molar-refractivity contribution >= 4 is 17.0 Å². The lowest BCUT2D eigenvalue weighted by molar-refractivity contribution is 0.945. The molecule has 0 radical (unpaired) electrons. The fourth-order valence-corrected chi connectivity index (χ4v) is 3.13. The quantitative estimate of drug-likeness (QED) is 0.368. The van der Waals surface area contributed by atoms with Crippen LogP contribution in [0.15, 0.2) is 108 Å². The molecule has 0 amide bonds. The van der Waals surface area contributed by atoms with Gasteiger partial charge in [-0.3, -0.25) is 4.98 Å². The van der Waals surface area contributed by atoms with Gasteiger partial charge >= 0.3 is 0 Å². The molecule has 0 aliphatic carbocycles. The average Bonchev–Trinajstić information content (AvgIpc) is 3.23. The highest BCUT2D eigenvalue weighted by atomic mass is 15.3. The first-order valence-corrected chi connectivity index (χ1v) is 9.20. The van der Waals surface area contributed by atoms with Gasteiger partial charge in [-0.05, 0) is 24.3 Å². The van der Waals surface area contributed by atoms with Gasteiger partial charge in [0.2, 0.25) is 0 Å². The van der Waals surface area contributed by atoms with Crippen molar-refractivity contribution in [3.63, 3.8) is 0 Å². The van der Waals surface area contributed by atoms with Gasteiger partial charge in [-0.15, -0.1) is 5.11 Å². The fourth-order valence-electron chi connectivity index (χ4n) is 3.13. The maximum Gasteiger partial charge on any atom is 0.156 e. The number of azo groups is 1. The monoisotopic (exact) mass is 376 g/mol. The van der Waals surface area contributed by atoms with Gasteiger partial charge in [0.25, 0.3) is 0 Å². The largest absolute Gasteiger partial charge is 0.264 e. The summed E-state index contributed by atoms with van der Waals surface area (Å²) in [6.45, 7) is 0. The van der Waals surface area contributed by atoms with Gasteiger partial charge in [0.15, 0.2) is 5.65 Å². The molecule has 0 N–H and O–H groups in total. The van der Waals surface area contributed by atoms with Crippen LogP contribution in [-0.4, -0.2) is 19.6 Å². The van der Waals surface area contributed by atoms with Crippen LogP contribution in [0, 0.1) is 0 Å². The molecule has 0 spiro atoms. The summed E-state index contributed by atoms with van der Waals surface area (Å²) in [5, 5.41) is 13.6. The highest BCUT2D eigenvalue weighted by Crippen LogP contribution is 2.32. The van der Waals surface area contributed by atoms with Crippen LogP contribution in [0.5, 0.6) is 0 Å². The third-order valence-corrected chi connectivity index (χ3v) is 4.50. The van der Waals surface area contributed by atoms with Crippen LogP contribution in [0.1, 0.15) is 0 Å². The van der Waals surface area contributed by atoms with Crippen LogP contribution in [0.4, 0.5) is 11.4 Å². The summed E-state index contributed by atoms with van der Waals surface area (Å²) in [6.07, 6.45) is 5.26. The zero-order chi connectivity index (χ0) is 19.5. The van der Waals surface area contributed by atoms with Crippen LogP contribution in [0.2, 0.25) is 0 Å². The van der Waals surface area contributed by atoms with Crippen LogP contribution < -0.4 is 0 Å². The van der Waals surface area contributed by atoms with E-state index in [1.165, 1.54) is 0 Å². The number of benzene rings is 2. The molecule has 6 nitrogen and oxygen atoms in total. The molecule has 5 aromatic rings. The van der Waals surface area contributed by atoms with Gasteiger partial charge in [0, 0.05) is 29.6 Å². The maximum atomic E-state index is 4.80. The minimum absolute atomic E-state index is 0.622. The highest BCUT2D eigenvalue weighted by molar-refractivity contribution is 5.75. The summed E-state index contributed by atoms with van der Waals surface area (Å²) in [4.78, 5) is 8.81. The molecule has 0 saturated carbocycles. The van der Waals surface area contributed by atoms with Crippen molar-refractivity contribution < 1.29 is 0 Å². The van der Waals surface area contributed by atoms with Crippen LogP contribution >= 0.6 is 0 Å². The van der Waals surface area contributed by atoms with Crippen molar-refractivity contribution in [2.24, 2.45) is 10.2 Å². The molecule has 3 heterocycles. The number of pyridine rings is 1. The topological polar surface area (TPSA) is 67.8 Å². The zero-order valence-electron chi connectivity index (χ0n) is 15.4. The molecular weight excluding hydrogens is 360 g/mol. The van der Waals surface area contributed by atoms with Crippen molar-refractivity contribution in [3.8, 4) is 22.5 Å². The summed E-state index contributed by atoms with van der Waals surface area (Å²) in [5.74, 6) is 0. The zero-order valence-corrected chi connectivity index (χ0v) is 15.4. The van der Waals surface area contributed by atoms with Gasteiger partial charge in [0.1, 0.15) is 11.4 Å². The molecule has 0 atom stereocenters. The molecule has 0 aliphatic rings. The first-order chi connectivity index (χ1) is 14.4. The first-order valence-electron chi connectivity index (χ1n) is 9.20. The Morgan fingerprint density at radius 1 is 0.724 bits per heavy atom. The Kier molecular flexibility index (Phi) is 4.35. The number of hydrogen-bond acceptors (Lipinski definition) is 5. The Balaban J connectivity index is 1.70. The van der Waals surface area contributed by atoms with Crippen molar-refractivity contribution in [2.45, 2.75) is 0 Å². The molecule has 5 rings (SSSR count). The smallest absolute Gasteiger partial charge is 0.156 e. The maximum absolute atomic E-state index is 4.80. The molecule has 6 heteroatoms. The Morgan fingerprint density at radius 3 is 2.24 bits per heavy atom. The van der Waals surface area contributed by atoms with Gasteiger partial charge in [-0.1, -0.05) is 48.5 Å². The van der Waals surface area contributed by atoms with E-state index in [1.54, 1.807) is 23.1 Å². The normalized spacial score (nSPS) is 11.3. The summed E-state index contributed by atoms with van der Waals surface area (Å²) in [7, 11) is 0. The second-order valence-corrected chi connectivity index (χ2v) is 6.43. The van der Waals surface area contributed by atoms with E-state index in [2.05, 4.69) is 20.2 Å². The SMILES string of the molecule is c1ccc(N=Nc2cnc3cc(-c4ccccc4)nn3c2-c2cccnc2)cc1. The van der Waals surface area contributed by atoms with E-state index < -0.39 is 0 Å². The fraction of sp³-hybridized carbons (Fsp3) is 0. The molecular formula is C23H16N6. The average molecular weight is 376 g/mol. The van der Waals surface area contributed by atoms with Crippen LogP contribution in [0.25, 0.3) is 28.2 Å². The van der Waals surface area contributed by atoms with Crippen LogP contribution in [0.3, 0.4) is 0 Å². The lowest BCUT2D eigenvalue weighted by atomic mass is 10.1. The third-order valence-electron chi connectivity index (χ3n) is 4.50. The molecule has 138 valence electrons. The number of aromatic nitrogens is 4. The van der Waals surface area contributed by atoms with E-state index in [-0.39, 0.29) is 0 Å². The molecule has 3 aromatic heterocycles. The molecule has 0 saturated heterocycles. The summed E-state index contributed by atoms with van der Waals surface area (Å²) in [5.41, 5.74) is 5.70. The first kappa shape index (κ1) is 16.9. The second-order valence-electron chi connectivity index (χ2n) is 6.43. The highest BCUT2D eigenvalue weighted by Gasteiger charge is 2.15. The third kappa shape index (κ3) is 3.39. The number of nitrogens with zero attached hydrogens (tertiary/aromatic N) is 6. The lowest BCUT2D eigenvalue weighted by Crippen LogP contribution is -1.97. The molecule has 0 aliphatic heterocycles. The predicted octanol–water partition coefficient (Wildman–Crippen LogP) is 5.87. The Labute approximate surface area is 167 Å². The molecule has 0 fully saturated rings. The van der Waals surface area contributed by atoms with E-state index in [0.29, 0.717) is 5.69 Å². The molecule has 0 unspecified atom stereocenters. The van der Waals surface area contributed by atoms with Gasteiger partial charge in [-0.2, -0.15) is 10.2 Å². The van der Waals surface area contributed by atoms with Crippen molar-refractivity contribution in [3.05, 3.63) is 97.5 Å². The Hall–Kier alpha value is -4.19. The van der Waals surface area contributed by atoms with Crippen molar-refractivity contribution in [1.82, 2.24) is 19.6 Å². The lowest BCUT2D eigenvalue weighted by Gasteiger charge is -2.07. The minimum atomic E-state index is 0.622. The van der Waals surface area contributed by atoms with Crippen molar-refractivity contribution in [1.29, 1.82) is 0 Å². The number of hydrogen-bond donors (Lipinski definition) is 0. The van der Waals surface area contributed by atoms with Crippen LogP contribution in [-0.2, 0) is 0 Å². The standard InChI is InChI=1S/C23H16N6/c1-3-8-17(9-4-1)20-14-22-25-16-21(27-26-19-11-5-2-6-12-19)23(29(22)28-20)18-10-7-13-24-15-18/h1-16H. The predicted molar refractivity (Wildman–Crippen MR) is 112 cm³/mol. The van der Waals surface area contributed by atoms with Gasteiger partial charge in [-0.25, -0.2) is 9.50 Å². The second kappa shape index (κ2) is 7.44. The molecule has 2 aromatic carbocycles. The van der Waals surface area contributed by atoms with Crippen molar-refractivity contribution in [2.75, 3.05) is 0 Å². The van der Waals surface area contributed by atoms with E-state index in [0.717, 1.165) is 33.8 Å². The number of rotatable bonds is 4. The minimum Gasteiger partial charge on any atom is -0.264 e. The Morgan fingerprint density at radius 2 is 1.48 bits per heavy atom. The van der Waals surface area contributed by atoms with E-state index in [1.807, 2.05) is 78.9 Å². The molecule has 0 bridgehead atoms. The van der Waals surface area contributed by atoms with Gasteiger partial charge in [0.05, 0.1) is 17.6 Å². The van der Waals surface area contributed by atoms with Gasteiger partial charge < -0.3 is 0 Å². The summed E-state index contributed by atoms with van der Waals surface area (Å²) in [6, 6.07) is 25.5. The number of fused-ring (bicyclic) bond motifs is 1. The Bertz CT molecular complexity index is 1280. The molecule has 29 heavy (non-hydrogen) atoms.